The number of sulfonamides is 1. The van der Waals surface area contributed by atoms with E-state index >= 15 is 0 Å². The van der Waals surface area contributed by atoms with Gasteiger partial charge in [0.2, 0.25) is 15.9 Å². The molecule has 2 aromatic rings. The average Bonchev–Trinajstić information content (AvgIpc) is 3.08. The van der Waals surface area contributed by atoms with Crippen LogP contribution in [0.25, 0.3) is 0 Å². The van der Waals surface area contributed by atoms with Crippen molar-refractivity contribution in [1.82, 2.24) is 4.72 Å². The molecule has 1 atom stereocenters. The first kappa shape index (κ1) is 21.7. The molecule has 1 aliphatic heterocycles. The number of amides is 1. The monoisotopic (exact) mass is 433 g/mol. The smallest absolute Gasteiger partial charge is 0.270 e. The summed E-state index contributed by atoms with van der Waals surface area (Å²) in [6.07, 6.45) is 0.212. The molecule has 0 bridgehead atoms. The van der Waals surface area contributed by atoms with E-state index in [2.05, 4.69) is 4.72 Å². The second-order valence-corrected chi connectivity index (χ2v) is 8.80. The molecule has 10 heteroatoms. The molecule has 1 amide bonds. The van der Waals surface area contributed by atoms with E-state index in [0.717, 1.165) is 11.8 Å². The van der Waals surface area contributed by atoms with Crippen LogP contribution in [0.3, 0.4) is 0 Å². The predicted molar refractivity (Wildman–Crippen MR) is 111 cm³/mol. The van der Waals surface area contributed by atoms with Crippen LogP contribution in [0.15, 0.2) is 47.4 Å². The van der Waals surface area contributed by atoms with Crippen LogP contribution in [0.5, 0.6) is 5.75 Å². The maximum absolute atomic E-state index is 12.7. The van der Waals surface area contributed by atoms with E-state index in [1.165, 1.54) is 12.1 Å². The number of benzene rings is 2. The van der Waals surface area contributed by atoms with Gasteiger partial charge in [0.15, 0.2) is 0 Å². The van der Waals surface area contributed by atoms with Gasteiger partial charge in [-0.25, -0.2) is 13.1 Å². The predicted octanol–water partition coefficient (Wildman–Crippen LogP) is 2.63. The average molecular weight is 433 g/mol. The molecule has 2 aromatic carbocycles. The summed E-state index contributed by atoms with van der Waals surface area (Å²) >= 11 is 0. The molecule has 160 valence electrons. The first-order chi connectivity index (χ1) is 14.2. The Labute approximate surface area is 174 Å². The van der Waals surface area contributed by atoms with Crippen LogP contribution in [0.2, 0.25) is 0 Å². The molecular formula is C20H23N3O6S. The molecular weight excluding hydrogens is 410 g/mol. The van der Waals surface area contributed by atoms with Crippen molar-refractivity contribution >= 4 is 27.3 Å². The number of anilines is 1. The molecule has 1 heterocycles. The third kappa shape index (κ3) is 4.77. The summed E-state index contributed by atoms with van der Waals surface area (Å²) in [5, 5.41) is 11.0. The van der Waals surface area contributed by atoms with E-state index in [9.17, 15) is 23.3 Å². The number of rotatable bonds is 8. The first-order valence-electron chi connectivity index (χ1n) is 9.49. The van der Waals surface area contributed by atoms with Gasteiger partial charge in [-0.1, -0.05) is 6.07 Å². The molecule has 1 fully saturated rings. The molecule has 0 saturated carbocycles. The molecule has 1 unspecified atom stereocenters. The largest absolute Gasteiger partial charge is 0.494 e. The Bertz CT molecular complexity index is 1050. The zero-order valence-electron chi connectivity index (χ0n) is 16.7. The van der Waals surface area contributed by atoms with Crippen molar-refractivity contribution in [3.05, 3.63) is 58.1 Å². The molecule has 1 N–H and O–H groups in total. The maximum Gasteiger partial charge on any atom is 0.270 e. The molecule has 0 aliphatic carbocycles. The number of hydrogen-bond acceptors (Lipinski definition) is 6. The van der Waals surface area contributed by atoms with Crippen molar-refractivity contribution in [2.75, 3.05) is 24.6 Å². The molecule has 0 spiro atoms. The topological polar surface area (TPSA) is 119 Å². The van der Waals surface area contributed by atoms with Crippen molar-refractivity contribution in [3.8, 4) is 5.75 Å². The van der Waals surface area contributed by atoms with E-state index in [-0.39, 0.29) is 35.4 Å². The molecule has 30 heavy (non-hydrogen) atoms. The van der Waals surface area contributed by atoms with Gasteiger partial charge in [-0.05, 0) is 49.6 Å². The number of non-ortho nitro benzene ring substituents is 1. The lowest BCUT2D eigenvalue weighted by molar-refractivity contribution is -0.385. The van der Waals surface area contributed by atoms with Crippen molar-refractivity contribution in [2.45, 2.75) is 25.2 Å². The number of ether oxygens (including phenoxy) is 1. The maximum atomic E-state index is 12.7. The normalized spacial score (nSPS) is 16.7. The highest BCUT2D eigenvalue weighted by molar-refractivity contribution is 7.89. The summed E-state index contributed by atoms with van der Waals surface area (Å²) in [5.41, 5.74) is 0.841. The fourth-order valence-electron chi connectivity index (χ4n) is 3.35. The van der Waals surface area contributed by atoms with Gasteiger partial charge in [-0.3, -0.25) is 14.9 Å². The summed E-state index contributed by atoms with van der Waals surface area (Å²) in [4.78, 5) is 24.2. The molecule has 9 nitrogen and oxygen atoms in total. The van der Waals surface area contributed by atoms with Crippen LogP contribution in [0.4, 0.5) is 11.4 Å². The Morgan fingerprint density at radius 1 is 1.23 bits per heavy atom. The third-order valence-corrected chi connectivity index (χ3v) is 6.46. The number of aryl methyl sites for hydroxylation is 1. The van der Waals surface area contributed by atoms with Gasteiger partial charge < -0.3 is 9.64 Å². The Hall–Kier alpha value is -2.98. The first-order valence-corrected chi connectivity index (χ1v) is 11.0. The number of nitro benzene ring substituents is 1. The standard InChI is InChI=1S/C20H23N3O6S/c1-3-29-18-8-6-16(7-9-18)22-13-15(10-20(22)24)12-21-30(27,28)19-11-17(23(25)26)5-4-14(19)2/h4-9,11,15,21H,3,10,12-13H2,1-2H3. The minimum atomic E-state index is -3.95. The number of nitro groups is 1. The zero-order valence-corrected chi connectivity index (χ0v) is 17.5. The van der Waals surface area contributed by atoms with Crippen LogP contribution in [0.1, 0.15) is 18.9 Å². The van der Waals surface area contributed by atoms with Gasteiger partial charge in [0.05, 0.1) is 16.4 Å². The van der Waals surface area contributed by atoms with Crippen molar-refractivity contribution in [1.29, 1.82) is 0 Å². The lowest BCUT2D eigenvalue weighted by atomic mass is 10.1. The number of hydrogen-bond donors (Lipinski definition) is 1. The molecule has 3 rings (SSSR count). The van der Waals surface area contributed by atoms with Crippen LogP contribution in [0, 0.1) is 23.0 Å². The molecule has 0 aromatic heterocycles. The number of carbonyl (C=O) groups is 1. The van der Waals surface area contributed by atoms with Crippen molar-refractivity contribution in [3.63, 3.8) is 0 Å². The minimum Gasteiger partial charge on any atom is -0.494 e. The van der Waals surface area contributed by atoms with E-state index in [1.54, 1.807) is 36.1 Å². The number of nitrogens with zero attached hydrogens (tertiary/aromatic N) is 2. The fourth-order valence-corrected chi connectivity index (χ4v) is 4.73. The Kier molecular flexibility index (Phi) is 6.37. The van der Waals surface area contributed by atoms with Crippen molar-refractivity contribution < 1.29 is 22.9 Å². The molecule has 0 radical (unpaired) electrons. The lowest BCUT2D eigenvalue weighted by Crippen LogP contribution is -2.31. The second-order valence-electron chi connectivity index (χ2n) is 7.06. The van der Waals surface area contributed by atoms with Crippen LogP contribution >= 0.6 is 0 Å². The third-order valence-electron chi connectivity index (χ3n) is 4.90. The van der Waals surface area contributed by atoms with Crippen LogP contribution in [-0.4, -0.2) is 38.9 Å². The van der Waals surface area contributed by atoms with Gasteiger partial charge >= 0.3 is 0 Å². The van der Waals surface area contributed by atoms with E-state index < -0.39 is 14.9 Å². The van der Waals surface area contributed by atoms with E-state index in [0.29, 0.717) is 24.5 Å². The SMILES string of the molecule is CCOc1ccc(N2CC(CNS(=O)(=O)c3cc([N+](=O)[O-])ccc3C)CC2=O)cc1. The molecule has 1 saturated heterocycles. The highest BCUT2D eigenvalue weighted by Gasteiger charge is 2.32. The van der Waals surface area contributed by atoms with Gasteiger partial charge in [0.25, 0.3) is 5.69 Å². The van der Waals surface area contributed by atoms with E-state index in [4.69, 9.17) is 4.74 Å². The van der Waals surface area contributed by atoms with Gasteiger partial charge in [0.1, 0.15) is 5.75 Å². The number of nitrogens with one attached hydrogen (secondary N) is 1. The Morgan fingerprint density at radius 3 is 2.57 bits per heavy atom. The summed E-state index contributed by atoms with van der Waals surface area (Å²) in [6, 6.07) is 10.9. The summed E-state index contributed by atoms with van der Waals surface area (Å²) < 4.78 is 33.2. The van der Waals surface area contributed by atoms with Gasteiger partial charge in [0, 0.05) is 37.3 Å². The van der Waals surface area contributed by atoms with Crippen LogP contribution < -0.4 is 14.4 Å². The fraction of sp³-hybridized carbons (Fsp3) is 0.350. The quantitative estimate of drug-likeness (QED) is 0.505. The highest BCUT2D eigenvalue weighted by atomic mass is 32.2. The van der Waals surface area contributed by atoms with Crippen LogP contribution in [-0.2, 0) is 14.8 Å². The summed E-state index contributed by atoms with van der Waals surface area (Å²) in [5.74, 6) is 0.414. The summed E-state index contributed by atoms with van der Waals surface area (Å²) in [6.45, 7) is 4.45. The van der Waals surface area contributed by atoms with Gasteiger partial charge in [-0.15, -0.1) is 0 Å². The summed E-state index contributed by atoms with van der Waals surface area (Å²) in [7, 11) is -3.95. The Balaban J connectivity index is 1.67. The zero-order chi connectivity index (χ0) is 21.9. The number of carbonyl (C=O) groups excluding carboxylic acids is 1. The van der Waals surface area contributed by atoms with E-state index in [1.807, 2.05) is 6.92 Å². The highest BCUT2D eigenvalue weighted by Crippen LogP contribution is 2.27. The lowest BCUT2D eigenvalue weighted by Gasteiger charge is -2.17. The minimum absolute atomic E-state index is 0.0593. The van der Waals surface area contributed by atoms with Crippen molar-refractivity contribution in [2.24, 2.45) is 5.92 Å². The molecule has 1 aliphatic rings. The Morgan fingerprint density at radius 2 is 1.93 bits per heavy atom. The second kappa shape index (κ2) is 8.80. The van der Waals surface area contributed by atoms with Gasteiger partial charge in [-0.2, -0.15) is 0 Å².